The summed E-state index contributed by atoms with van der Waals surface area (Å²) in [5.41, 5.74) is 5.70. The summed E-state index contributed by atoms with van der Waals surface area (Å²) in [6, 6.07) is 2.87. The van der Waals surface area contributed by atoms with E-state index in [0.29, 0.717) is 11.1 Å². The van der Waals surface area contributed by atoms with Crippen LogP contribution in [0.3, 0.4) is 0 Å². The zero-order chi connectivity index (χ0) is 14.8. The third-order valence-corrected chi connectivity index (χ3v) is 3.13. The van der Waals surface area contributed by atoms with Crippen molar-refractivity contribution in [1.29, 1.82) is 0 Å². The molecule has 0 heterocycles. The molecule has 1 aromatic rings. The molecule has 1 rings (SSSR count). The lowest BCUT2D eigenvalue weighted by atomic mass is 9.94. The summed E-state index contributed by atoms with van der Waals surface area (Å²) in [7, 11) is 0. The van der Waals surface area contributed by atoms with Gasteiger partial charge < -0.3 is 5.73 Å². The zero-order valence-corrected chi connectivity index (χ0v) is 11.2. The molecule has 19 heavy (non-hydrogen) atoms. The molecule has 0 bridgehead atoms. The summed E-state index contributed by atoms with van der Waals surface area (Å²) in [5.74, 6) is -0.0638. The van der Waals surface area contributed by atoms with Crippen molar-refractivity contribution in [3.05, 3.63) is 34.9 Å². The number of rotatable bonds is 4. The van der Waals surface area contributed by atoms with Crippen molar-refractivity contribution in [2.24, 2.45) is 11.7 Å². The highest BCUT2D eigenvalue weighted by molar-refractivity contribution is 5.97. The minimum Gasteiger partial charge on any atom is -0.327 e. The minimum absolute atomic E-state index is 0.143. The first-order valence-electron chi connectivity index (χ1n) is 6.09. The van der Waals surface area contributed by atoms with Gasteiger partial charge in [0.05, 0.1) is 5.56 Å². The summed E-state index contributed by atoms with van der Waals surface area (Å²) >= 11 is 0. The van der Waals surface area contributed by atoms with Crippen molar-refractivity contribution in [2.45, 2.75) is 39.4 Å². The summed E-state index contributed by atoms with van der Waals surface area (Å²) in [6.07, 6.45) is -4.25. The quantitative estimate of drug-likeness (QED) is 0.852. The van der Waals surface area contributed by atoms with Gasteiger partial charge in [-0.05, 0) is 30.5 Å². The Bertz CT molecular complexity index is 466. The van der Waals surface area contributed by atoms with Crippen LogP contribution in [0.15, 0.2) is 18.2 Å². The predicted molar refractivity (Wildman–Crippen MR) is 67.9 cm³/mol. The summed E-state index contributed by atoms with van der Waals surface area (Å²) in [6.45, 7) is 5.30. The molecule has 0 amide bonds. The van der Waals surface area contributed by atoms with E-state index >= 15 is 0 Å². The van der Waals surface area contributed by atoms with Crippen molar-refractivity contribution < 1.29 is 18.0 Å². The van der Waals surface area contributed by atoms with Gasteiger partial charge in [0.1, 0.15) is 0 Å². The van der Waals surface area contributed by atoms with Crippen LogP contribution in [0.2, 0.25) is 0 Å². The molecule has 0 aliphatic heterocycles. The molecule has 1 atom stereocenters. The molecule has 0 radical (unpaired) electrons. The van der Waals surface area contributed by atoms with Crippen molar-refractivity contribution >= 4 is 5.78 Å². The van der Waals surface area contributed by atoms with Gasteiger partial charge in [0.2, 0.25) is 0 Å². The van der Waals surface area contributed by atoms with Gasteiger partial charge in [0, 0.05) is 18.0 Å². The lowest BCUT2D eigenvalue weighted by molar-refractivity contribution is -0.137. The Labute approximate surface area is 110 Å². The largest absolute Gasteiger partial charge is 0.416 e. The molecular formula is C14H18F3NO. The summed E-state index contributed by atoms with van der Waals surface area (Å²) in [4.78, 5) is 12.0. The lowest BCUT2D eigenvalue weighted by Gasteiger charge is -2.16. The molecule has 2 nitrogen and oxygen atoms in total. The number of carbonyl (C=O) groups is 1. The number of alkyl halides is 3. The molecule has 5 heteroatoms. The average molecular weight is 273 g/mol. The molecule has 2 N–H and O–H groups in total. The van der Waals surface area contributed by atoms with E-state index in [9.17, 15) is 18.0 Å². The van der Waals surface area contributed by atoms with E-state index in [1.165, 1.54) is 13.0 Å². The first-order chi connectivity index (χ1) is 8.62. The molecule has 1 aromatic carbocycles. The Morgan fingerprint density at radius 3 is 2.32 bits per heavy atom. The summed E-state index contributed by atoms with van der Waals surface area (Å²) in [5, 5.41) is 0. The van der Waals surface area contributed by atoms with Crippen LogP contribution in [-0.4, -0.2) is 11.8 Å². The standard InChI is InChI=1S/C14H18F3NO/c1-8(2)12(18)7-13(19)11-5-4-10(6-9(11)3)14(15,16)17/h4-6,8,12H,7,18H2,1-3H3. The van der Waals surface area contributed by atoms with E-state index in [-0.39, 0.29) is 24.2 Å². The van der Waals surface area contributed by atoms with Crippen molar-refractivity contribution in [1.82, 2.24) is 0 Å². The monoisotopic (exact) mass is 273 g/mol. The van der Waals surface area contributed by atoms with Gasteiger partial charge in [-0.3, -0.25) is 4.79 Å². The Hall–Kier alpha value is -1.36. The second-order valence-electron chi connectivity index (χ2n) is 5.06. The molecule has 0 fully saturated rings. The smallest absolute Gasteiger partial charge is 0.327 e. The Morgan fingerprint density at radius 2 is 1.89 bits per heavy atom. The van der Waals surface area contributed by atoms with E-state index in [2.05, 4.69) is 0 Å². The maximum atomic E-state index is 12.5. The SMILES string of the molecule is Cc1cc(C(F)(F)F)ccc1C(=O)CC(N)C(C)C. The maximum absolute atomic E-state index is 12.5. The molecule has 106 valence electrons. The van der Waals surface area contributed by atoms with Crippen LogP contribution in [0.25, 0.3) is 0 Å². The number of carbonyl (C=O) groups excluding carboxylic acids is 1. The number of ketones is 1. The number of hydrogen-bond acceptors (Lipinski definition) is 2. The predicted octanol–water partition coefficient (Wildman–Crippen LogP) is 3.57. The van der Waals surface area contributed by atoms with Crippen LogP contribution in [0.5, 0.6) is 0 Å². The van der Waals surface area contributed by atoms with Gasteiger partial charge in [0.25, 0.3) is 0 Å². The van der Waals surface area contributed by atoms with Crippen LogP contribution in [0.4, 0.5) is 13.2 Å². The van der Waals surface area contributed by atoms with Crippen LogP contribution in [0, 0.1) is 12.8 Å². The number of aryl methyl sites for hydroxylation is 1. The van der Waals surface area contributed by atoms with Gasteiger partial charge in [-0.2, -0.15) is 13.2 Å². The first-order valence-corrected chi connectivity index (χ1v) is 6.09. The normalized spacial score (nSPS) is 13.7. The van der Waals surface area contributed by atoms with Crippen molar-refractivity contribution in [3.63, 3.8) is 0 Å². The molecule has 0 spiro atoms. The van der Waals surface area contributed by atoms with E-state index < -0.39 is 11.7 Å². The zero-order valence-electron chi connectivity index (χ0n) is 11.2. The second-order valence-corrected chi connectivity index (χ2v) is 5.06. The van der Waals surface area contributed by atoms with Crippen LogP contribution in [-0.2, 0) is 6.18 Å². The number of benzene rings is 1. The second kappa shape index (κ2) is 5.74. The Morgan fingerprint density at radius 1 is 1.32 bits per heavy atom. The van der Waals surface area contributed by atoms with Gasteiger partial charge >= 0.3 is 6.18 Å². The highest BCUT2D eigenvalue weighted by Crippen LogP contribution is 2.30. The molecule has 0 saturated carbocycles. The number of hydrogen-bond donors (Lipinski definition) is 1. The molecular weight excluding hydrogens is 255 g/mol. The van der Waals surface area contributed by atoms with E-state index in [0.717, 1.165) is 12.1 Å². The van der Waals surface area contributed by atoms with Gasteiger partial charge in [0.15, 0.2) is 5.78 Å². The van der Waals surface area contributed by atoms with Gasteiger partial charge in [-0.1, -0.05) is 19.9 Å². The number of Topliss-reactive ketones (excluding diaryl/α,β-unsaturated/α-hetero) is 1. The minimum atomic E-state index is -4.39. The molecule has 0 aromatic heterocycles. The fraction of sp³-hybridized carbons (Fsp3) is 0.500. The molecule has 0 aliphatic rings. The maximum Gasteiger partial charge on any atom is 0.416 e. The third kappa shape index (κ3) is 4.06. The fourth-order valence-electron chi connectivity index (χ4n) is 1.71. The van der Waals surface area contributed by atoms with E-state index in [4.69, 9.17) is 5.73 Å². The van der Waals surface area contributed by atoms with Gasteiger partial charge in [-0.15, -0.1) is 0 Å². The van der Waals surface area contributed by atoms with Gasteiger partial charge in [-0.25, -0.2) is 0 Å². The van der Waals surface area contributed by atoms with Crippen LogP contribution < -0.4 is 5.73 Å². The van der Waals surface area contributed by atoms with E-state index in [1.54, 1.807) is 0 Å². The van der Waals surface area contributed by atoms with E-state index in [1.807, 2.05) is 13.8 Å². The summed E-state index contributed by atoms with van der Waals surface area (Å²) < 4.78 is 37.5. The molecule has 1 unspecified atom stereocenters. The fourth-order valence-corrected chi connectivity index (χ4v) is 1.71. The number of halogens is 3. The molecule has 0 aliphatic carbocycles. The van der Waals surface area contributed by atoms with Crippen LogP contribution in [0.1, 0.15) is 41.8 Å². The highest BCUT2D eigenvalue weighted by Gasteiger charge is 2.31. The Balaban J connectivity index is 2.94. The first kappa shape index (κ1) is 15.7. The highest BCUT2D eigenvalue weighted by atomic mass is 19.4. The van der Waals surface area contributed by atoms with Crippen molar-refractivity contribution in [2.75, 3.05) is 0 Å². The Kier molecular flexibility index (Phi) is 4.74. The average Bonchev–Trinajstić information content (AvgIpc) is 2.27. The lowest BCUT2D eigenvalue weighted by Crippen LogP contribution is -2.29. The number of nitrogens with two attached hydrogens (primary N) is 1. The third-order valence-electron chi connectivity index (χ3n) is 3.13. The molecule has 0 saturated heterocycles. The van der Waals surface area contributed by atoms with Crippen LogP contribution >= 0.6 is 0 Å². The van der Waals surface area contributed by atoms with Crippen molar-refractivity contribution in [3.8, 4) is 0 Å². The topological polar surface area (TPSA) is 43.1 Å².